The highest BCUT2D eigenvalue weighted by Gasteiger charge is 2.13. The molecule has 0 aliphatic heterocycles. The van der Waals surface area contributed by atoms with E-state index in [0.717, 1.165) is 12.1 Å². The summed E-state index contributed by atoms with van der Waals surface area (Å²) in [5.41, 5.74) is 1.65. The summed E-state index contributed by atoms with van der Waals surface area (Å²) in [5.74, 6) is 0.694. The van der Waals surface area contributed by atoms with E-state index in [1.165, 1.54) is 12.1 Å². The van der Waals surface area contributed by atoms with Crippen molar-refractivity contribution >= 4 is 0 Å². The molecule has 0 saturated heterocycles. The van der Waals surface area contributed by atoms with E-state index in [4.69, 9.17) is 4.52 Å². The van der Waals surface area contributed by atoms with Gasteiger partial charge in [-0.15, -0.1) is 0 Å². The quantitative estimate of drug-likeness (QED) is 0.933. The van der Waals surface area contributed by atoms with E-state index in [1.54, 1.807) is 6.07 Å². The first kappa shape index (κ1) is 14.7. The third kappa shape index (κ3) is 3.87. The van der Waals surface area contributed by atoms with Crippen LogP contribution in [0.25, 0.3) is 11.4 Å². The number of nitrogens with zero attached hydrogens (tertiary/aromatic N) is 2. The fourth-order valence-electron chi connectivity index (χ4n) is 1.85. The van der Waals surface area contributed by atoms with Crippen LogP contribution in [0.5, 0.6) is 0 Å². The number of aromatic nitrogens is 2. The monoisotopic (exact) mass is 277 g/mol. The zero-order valence-corrected chi connectivity index (χ0v) is 12.3. The number of aryl methyl sites for hydroxylation is 1. The smallest absolute Gasteiger partial charge is 0.228 e. The predicted molar refractivity (Wildman–Crippen MR) is 75.9 cm³/mol. The number of hydrogen-bond acceptors (Lipinski definition) is 4. The molecule has 4 nitrogen and oxygen atoms in total. The van der Waals surface area contributed by atoms with Crippen LogP contribution < -0.4 is 5.32 Å². The maximum atomic E-state index is 13.3. The van der Waals surface area contributed by atoms with Gasteiger partial charge < -0.3 is 9.84 Å². The number of halogens is 1. The van der Waals surface area contributed by atoms with Gasteiger partial charge in [-0.3, -0.25) is 0 Å². The van der Waals surface area contributed by atoms with Crippen LogP contribution in [0, 0.1) is 12.7 Å². The number of nitrogens with one attached hydrogen (secondary N) is 1. The Morgan fingerprint density at radius 2 is 2.05 bits per heavy atom. The Hall–Kier alpha value is -1.75. The predicted octanol–water partition coefficient (Wildman–Crippen LogP) is 3.11. The lowest BCUT2D eigenvalue weighted by molar-refractivity contribution is 0.362. The molecule has 20 heavy (non-hydrogen) atoms. The molecule has 5 heteroatoms. The normalized spacial score (nSPS) is 11.8. The Morgan fingerprint density at radius 1 is 1.30 bits per heavy atom. The van der Waals surface area contributed by atoms with Crippen LogP contribution in [0.15, 0.2) is 22.7 Å². The Kier molecular flexibility index (Phi) is 4.18. The van der Waals surface area contributed by atoms with Gasteiger partial charge in [0.1, 0.15) is 5.82 Å². The van der Waals surface area contributed by atoms with Gasteiger partial charge in [-0.1, -0.05) is 11.2 Å². The van der Waals surface area contributed by atoms with Crippen molar-refractivity contribution in [2.45, 2.75) is 39.7 Å². The molecule has 0 aliphatic carbocycles. The highest BCUT2D eigenvalue weighted by molar-refractivity contribution is 5.59. The van der Waals surface area contributed by atoms with Gasteiger partial charge in [0.05, 0.1) is 0 Å². The first-order valence-electron chi connectivity index (χ1n) is 6.69. The van der Waals surface area contributed by atoms with E-state index in [9.17, 15) is 4.39 Å². The first-order chi connectivity index (χ1) is 9.35. The van der Waals surface area contributed by atoms with Gasteiger partial charge >= 0.3 is 0 Å². The molecule has 2 aromatic rings. The van der Waals surface area contributed by atoms with Crippen molar-refractivity contribution in [2.75, 3.05) is 6.54 Å². The van der Waals surface area contributed by atoms with Gasteiger partial charge in [-0.2, -0.15) is 4.98 Å². The van der Waals surface area contributed by atoms with Crippen molar-refractivity contribution in [3.05, 3.63) is 35.5 Å². The van der Waals surface area contributed by atoms with Gasteiger partial charge in [0, 0.05) is 24.1 Å². The summed E-state index contributed by atoms with van der Waals surface area (Å²) in [6.07, 6.45) is 0.651. The van der Waals surface area contributed by atoms with Crippen molar-refractivity contribution in [3.63, 3.8) is 0 Å². The molecule has 0 spiro atoms. The molecule has 0 atom stereocenters. The summed E-state index contributed by atoms with van der Waals surface area (Å²) in [6, 6.07) is 4.56. The van der Waals surface area contributed by atoms with Crippen molar-refractivity contribution in [1.82, 2.24) is 15.5 Å². The van der Waals surface area contributed by atoms with Gasteiger partial charge in [-0.25, -0.2) is 4.39 Å². The zero-order valence-electron chi connectivity index (χ0n) is 12.3. The maximum Gasteiger partial charge on any atom is 0.228 e. The lowest BCUT2D eigenvalue weighted by Gasteiger charge is -2.19. The van der Waals surface area contributed by atoms with Gasteiger partial charge in [0.2, 0.25) is 11.7 Å². The molecular weight excluding hydrogens is 257 g/mol. The molecule has 0 amide bonds. The maximum absolute atomic E-state index is 13.3. The summed E-state index contributed by atoms with van der Waals surface area (Å²) in [6.45, 7) is 8.95. The molecule has 0 radical (unpaired) electrons. The van der Waals surface area contributed by atoms with Crippen LogP contribution in [0.3, 0.4) is 0 Å². The third-order valence-corrected chi connectivity index (χ3v) is 2.90. The van der Waals surface area contributed by atoms with Crippen molar-refractivity contribution < 1.29 is 8.91 Å². The average molecular weight is 277 g/mol. The number of benzene rings is 1. The van der Waals surface area contributed by atoms with Gasteiger partial charge in [0.15, 0.2) is 0 Å². The highest BCUT2D eigenvalue weighted by Crippen LogP contribution is 2.21. The molecule has 0 aliphatic rings. The molecule has 0 unspecified atom stereocenters. The lowest BCUT2D eigenvalue weighted by Crippen LogP contribution is -2.37. The SMILES string of the molecule is Cc1ccc(F)cc1-c1noc(CCNC(C)(C)C)n1. The van der Waals surface area contributed by atoms with Crippen molar-refractivity contribution in [1.29, 1.82) is 0 Å². The second-order valence-corrected chi connectivity index (χ2v) is 5.90. The summed E-state index contributed by atoms with van der Waals surface area (Å²) in [7, 11) is 0. The van der Waals surface area contributed by atoms with E-state index < -0.39 is 0 Å². The highest BCUT2D eigenvalue weighted by atomic mass is 19.1. The third-order valence-electron chi connectivity index (χ3n) is 2.90. The van der Waals surface area contributed by atoms with E-state index in [1.807, 2.05) is 6.92 Å². The molecule has 0 bridgehead atoms. The number of hydrogen-bond donors (Lipinski definition) is 1. The van der Waals surface area contributed by atoms with Crippen molar-refractivity contribution in [2.24, 2.45) is 0 Å². The average Bonchev–Trinajstić information content (AvgIpc) is 2.79. The molecule has 0 saturated carbocycles. The molecule has 1 aromatic heterocycles. The molecule has 2 rings (SSSR count). The molecule has 108 valence electrons. The fraction of sp³-hybridized carbons (Fsp3) is 0.467. The first-order valence-corrected chi connectivity index (χ1v) is 6.69. The van der Waals surface area contributed by atoms with Gasteiger partial charge in [0.25, 0.3) is 0 Å². The van der Waals surface area contributed by atoms with E-state index >= 15 is 0 Å². The topological polar surface area (TPSA) is 51.0 Å². The largest absolute Gasteiger partial charge is 0.339 e. The molecular formula is C15H20FN3O. The Bertz CT molecular complexity index is 587. The summed E-state index contributed by atoms with van der Waals surface area (Å²) in [4.78, 5) is 4.32. The van der Waals surface area contributed by atoms with Crippen LogP contribution >= 0.6 is 0 Å². The van der Waals surface area contributed by atoms with Crippen LogP contribution in [0.4, 0.5) is 4.39 Å². The second-order valence-electron chi connectivity index (χ2n) is 5.90. The lowest BCUT2D eigenvalue weighted by atomic mass is 10.1. The standard InChI is InChI=1S/C15H20FN3O/c1-10-5-6-11(16)9-12(10)14-18-13(20-19-14)7-8-17-15(2,3)4/h5-6,9,17H,7-8H2,1-4H3. The summed E-state index contributed by atoms with van der Waals surface area (Å²) in [5, 5.41) is 7.28. The van der Waals surface area contributed by atoms with E-state index in [2.05, 4.69) is 36.2 Å². The fourth-order valence-corrected chi connectivity index (χ4v) is 1.85. The minimum atomic E-state index is -0.300. The number of rotatable bonds is 4. The second kappa shape index (κ2) is 5.71. The molecule has 1 N–H and O–H groups in total. The van der Waals surface area contributed by atoms with Crippen LogP contribution in [0.2, 0.25) is 0 Å². The van der Waals surface area contributed by atoms with Crippen LogP contribution in [-0.4, -0.2) is 22.2 Å². The summed E-state index contributed by atoms with van der Waals surface area (Å²) < 4.78 is 18.5. The summed E-state index contributed by atoms with van der Waals surface area (Å²) >= 11 is 0. The Labute approximate surface area is 118 Å². The van der Waals surface area contributed by atoms with Gasteiger partial charge in [-0.05, 0) is 45.4 Å². The molecule has 1 aromatic carbocycles. The van der Waals surface area contributed by atoms with E-state index in [-0.39, 0.29) is 11.4 Å². The minimum Gasteiger partial charge on any atom is -0.339 e. The molecule has 1 heterocycles. The zero-order chi connectivity index (χ0) is 14.8. The minimum absolute atomic E-state index is 0.0575. The Balaban J connectivity index is 2.07. The van der Waals surface area contributed by atoms with Crippen LogP contribution in [0.1, 0.15) is 32.2 Å². The van der Waals surface area contributed by atoms with Crippen molar-refractivity contribution in [3.8, 4) is 11.4 Å². The molecule has 0 fully saturated rings. The van der Waals surface area contributed by atoms with E-state index in [0.29, 0.717) is 23.7 Å². The Morgan fingerprint density at radius 3 is 2.75 bits per heavy atom. The van der Waals surface area contributed by atoms with Crippen LogP contribution in [-0.2, 0) is 6.42 Å².